The van der Waals surface area contributed by atoms with E-state index in [0.29, 0.717) is 47.5 Å². The third-order valence-electron chi connectivity index (χ3n) is 7.23. The van der Waals surface area contributed by atoms with Gasteiger partial charge in [0.2, 0.25) is 5.91 Å². The highest BCUT2D eigenvalue weighted by Crippen LogP contribution is 2.31. The summed E-state index contributed by atoms with van der Waals surface area (Å²) in [6.07, 6.45) is 1.49. The number of benzene rings is 2. The standard InChI is InChI=1S/C27H28ClF2N3O5/c28-20-10-15(4-9-22(20)31-27-32-23-3-1-2-21(30)25(23)38-27)11-24(34)33-13-17(29)12-18(33)14-37-19-7-5-16(6-8-19)26(35)36/h1-4,9-10,16-19H,5-8,11-14H2,(H,31,32)(H,35,36)/t16-,17-,18-,19-/m0/s1. The number of carboxylic acids is 1. The number of likely N-dealkylation sites (tertiary alicyclic amines) is 1. The van der Waals surface area contributed by atoms with E-state index in [4.69, 9.17) is 25.9 Å². The van der Waals surface area contributed by atoms with Gasteiger partial charge in [-0.3, -0.25) is 9.59 Å². The Kier molecular flexibility index (Phi) is 7.80. The van der Waals surface area contributed by atoms with Crippen LogP contribution in [0.5, 0.6) is 0 Å². The number of carboxylic acid groups (broad SMARTS) is 1. The molecule has 0 unspecified atom stereocenters. The van der Waals surface area contributed by atoms with Gasteiger partial charge in [0.15, 0.2) is 11.4 Å². The Balaban J connectivity index is 1.17. The van der Waals surface area contributed by atoms with Crippen LogP contribution in [0.1, 0.15) is 37.7 Å². The van der Waals surface area contributed by atoms with Gasteiger partial charge in [-0.15, -0.1) is 0 Å². The van der Waals surface area contributed by atoms with Crippen molar-refractivity contribution in [2.75, 3.05) is 18.5 Å². The lowest BCUT2D eigenvalue weighted by Crippen LogP contribution is -2.40. The van der Waals surface area contributed by atoms with Crippen molar-refractivity contribution in [3.63, 3.8) is 0 Å². The minimum Gasteiger partial charge on any atom is -0.481 e. The summed E-state index contributed by atoms with van der Waals surface area (Å²) in [5.74, 6) is -1.85. The van der Waals surface area contributed by atoms with Crippen molar-refractivity contribution in [1.29, 1.82) is 0 Å². The Labute approximate surface area is 222 Å². The van der Waals surface area contributed by atoms with Gasteiger partial charge in [-0.1, -0.05) is 23.7 Å². The quantitative estimate of drug-likeness (QED) is 0.383. The monoisotopic (exact) mass is 547 g/mol. The first-order valence-corrected chi connectivity index (χ1v) is 13.0. The van der Waals surface area contributed by atoms with E-state index >= 15 is 0 Å². The van der Waals surface area contributed by atoms with E-state index in [1.807, 2.05) is 0 Å². The number of amides is 1. The summed E-state index contributed by atoms with van der Waals surface area (Å²) >= 11 is 6.42. The number of para-hydroxylation sites is 1. The molecule has 2 fully saturated rings. The number of aliphatic carboxylic acids is 1. The van der Waals surface area contributed by atoms with Crippen molar-refractivity contribution >= 4 is 46.3 Å². The molecule has 0 bridgehead atoms. The topological polar surface area (TPSA) is 105 Å². The number of carbonyl (C=O) groups is 2. The van der Waals surface area contributed by atoms with Gasteiger partial charge >= 0.3 is 5.97 Å². The van der Waals surface area contributed by atoms with Crippen LogP contribution in [-0.2, 0) is 20.7 Å². The van der Waals surface area contributed by atoms with Gasteiger partial charge in [-0.25, -0.2) is 8.78 Å². The molecule has 1 aliphatic carbocycles. The van der Waals surface area contributed by atoms with E-state index in [1.54, 1.807) is 24.3 Å². The molecule has 0 radical (unpaired) electrons. The van der Waals surface area contributed by atoms with Crippen molar-refractivity contribution in [1.82, 2.24) is 9.88 Å². The van der Waals surface area contributed by atoms with Gasteiger partial charge < -0.3 is 24.5 Å². The first kappa shape index (κ1) is 26.4. The van der Waals surface area contributed by atoms with Gasteiger partial charge in [0, 0.05) is 6.42 Å². The van der Waals surface area contributed by atoms with Crippen LogP contribution in [-0.4, -0.2) is 58.3 Å². The highest BCUT2D eigenvalue weighted by molar-refractivity contribution is 6.33. The molecule has 2 N–H and O–H groups in total. The average molecular weight is 548 g/mol. The summed E-state index contributed by atoms with van der Waals surface area (Å²) in [6.45, 7) is 0.240. The summed E-state index contributed by atoms with van der Waals surface area (Å²) < 4.78 is 39.6. The Hall–Kier alpha value is -3.24. The fourth-order valence-electron chi connectivity index (χ4n) is 5.18. The lowest BCUT2D eigenvalue weighted by molar-refractivity contribution is -0.144. The second-order valence-electron chi connectivity index (χ2n) is 9.90. The third kappa shape index (κ3) is 5.91. The molecule has 8 nitrogen and oxygen atoms in total. The number of oxazole rings is 1. The van der Waals surface area contributed by atoms with Gasteiger partial charge in [0.1, 0.15) is 11.7 Å². The predicted molar refractivity (Wildman–Crippen MR) is 137 cm³/mol. The van der Waals surface area contributed by atoms with Gasteiger partial charge in [-0.2, -0.15) is 4.98 Å². The molecule has 3 aromatic rings. The van der Waals surface area contributed by atoms with E-state index in [-0.39, 0.29) is 61.6 Å². The summed E-state index contributed by atoms with van der Waals surface area (Å²) in [7, 11) is 0. The third-order valence-corrected chi connectivity index (χ3v) is 7.54. The van der Waals surface area contributed by atoms with Crippen molar-refractivity contribution in [2.45, 2.75) is 56.8 Å². The molecule has 1 saturated carbocycles. The smallest absolute Gasteiger partial charge is 0.306 e. The maximum atomic E-state index is 14.3. The van der Waals surface area contributed by atoms with E-state index < -0.39 is 18.0 Å². The number of carbonyl (C=O) groups excluding carboxylic acids is 1. The number of ether oxygens (including phenoxy) is 1. The molecule has 0 spiro atoms. The molecule has 2 aromatic carbocycles. The first-order chi connectivity index (χ1) is 18.3. The second-order valence-corrected chi connectivity index (χ2v) is 10.3. The van der Waals surface area contributed by atoms with E-state index in [1.165, 1.54) is 17.0 Å². The second kappa shape index (κ2) is 11.2. The number of anilines is 2. The number of nitrogens with zero attached hydrogens (tertiary/aromatic N) is 2. The normalized spacial score (nSPS) is 23.6. The Bertz CT molecular complexity index is 1330. The molecule has 1 aliphatic heterocycles. The predicted octanol–water partition coefficient (Wildman–Crippen LogP) is 5.51. The van der Waals surface area contributed by atoms with Crippen LogP contribution < -0.4 is 5.32 Å². The van der Waals surface area contributed by atoms with Crippen LogP contribution in [0, 0.1) is 11.7 Å². The van der Waals surface area contributed by atoms with Gasteiger partial charge in [-0.05, 0) is 55.5 Å². The molecule has 11 heteroatoms. The van der Waals surface area contributed by atoms with Crippen LogP contribution in [0.4, 0.5) is 20.5 Å². The molecule has 2 heterocycles. The molecule has 1 amide bonds. The largest absolute Gasteiger partial charge is 0.481 e. The summed E-state index contributed by atoms with van der Waals surface area (Å²) in [5, 5.41) is 12.4. The molecule has 5 rings (SSSR count). The van der Waals surface area contributed by atoms with E-state index in [2.05, 4.69) is 10.3 Å². The van der Waals surface area contributed by atoms with E-state index in [9.17, 15) is 18.4 Å². The number of aromatic nitrogens is 1. The maximum Gasteiger partial charge on any atom is 0.306 e. The number of hydrogen-bond donors (Lipinski definition) is 2. The van der Waals surface area contributed by atoms with Crippen LogP contribution in [0.3, 0.4) is 0 Å². The molecular weight excluding hydrogens is 520 g/mol. The summed E-state index contributed by atoms with van der Waals surface area (Å²) in [6, 6.07) is 9.21. The van der Waals surface area contributed by atoms with Crippen LogP contribution in [0.2, 0.25) is 5.02 Å². The highest BCUT2D eigenvalue weighted by Gasteiger charge is 2.36. The maximum absolute atomic E-state index is 14.3. The Morgan fingerprint density at radius 2 is 2.00 bits per heavy atom. The summed E-state index contributed by atoms with van der Waals surface area (Å²) in [4.78, 5) is 29.9. The highest BCUT2D eigenvalue weighted by atomic mass is 35.5. The van der Waals surface area contributed by atoms with Gasteiger partial charge in [0.05, 0.1) is 48.3 Å². The number of alkyl halides is 1. The van der Waals surface area contributed by atoms with Gasteiger partial charge in [0.25, 0.3) is 6.01 Å². The molecule has 2 aliphatic rings. The van der Waals surface area contributed by atoms with Crippen molar-refractivity contribution in [3.8, 4) is 0 Å². The number of halogens is 3. The number of rotatable bonds is 8. The molecule has 202 valence electrons. The fraction of sp³-hybridized carbons (Fsp3) is 0.444. The van der Waals surface area contributed by atoms with Crippen LogP contribution in [0.25, 0.3) is 11.1 Å². The number of fused-ring (bicyclic) bond motifs is 1. The lowest BCUT2D eigenvalue weighted by atomic mass is 9.87. The SMILES string of the molecule is O=C(Cc1ccc(Nc2nc3cccc(F)c3o2)c(Cl)c1)N1C[C@@H](F)C[C@H]1CO[C@H]1CC[C@H](C(=O)O)CC1. The zero-order chi connectivity index (χ0) is 26.8. The number of nitrogens with one attached hydrogen (secondary N) is 1. The molecule has 1 saturated heterocycles. The minimum atomic E-state index is -1.12. The molecule has 38 heavy (non-hydrogen) atoms. The van der Waals surface area contributed by atoms with Crippen molar-refractivity contribution in [3.05, 3.63) is 52.8 Å². The average Bonchev–Trinajstić information content (AvgIpc) is 3.48. The molecule has 1 aromatic heterocycles. The van der Waals surface area contributed by atoms with Crippen molar-refractivity contribution < 1.29 is 32.6 Å². The van der Waals surface area contributed by atoms with E-state index in [0.717, 1.165) is 0 Å². The zero-order valence-electron chi connectivity index (χ0n) is 20.5. The lowest BCUT2D eigenvalue weighted by Gasteiger charge is -2.29. The molecular formula is C27H28ClF2N3O5. The molecule has 2 atom stereocenters. The Morgan fingerprint density at radius 3 is 2.71 bits per heavy atom. The number of hydrogen-bond acceptors (Lipinski definition) is 6. The Morgan fingerprint density at radius 1 is 1.21 bits per heavy atom. The minimum absolute atomic E-state index is 0.0142. The summed E-state index contributed by atoms with van der Waals surface area (Å²) in [5.41, 5.74) is 1.54. The fourth-order valence-corrected chi connectivity index (χ4v) is 5.43. The van der Waals surface area contributed by atoms with Crippen LogP contribution >= 0.6 is 11.6 Å². The van der Waals surface area contributed by atoms with Crippen molar-refractivity contribution in [2.24, 2.45) is 5.92 Å². The van der Waals surface area contributed by atoms with Crippen LogP contribution in [0.15, 0.2) is 40.8 Å². The first-order valence-electron chi connectivity index (χ1n) is 12.6. The zero-order valence-corrected chi connectivity index (χ0v) is 21.3.